The van der Waals surface area contributed by atoms with Crippen molar-refractivity contribution in [2.24, 2.45) is 0 Å². The molecule has 0 spiro atoms. The lowest BCUT2D eigenvalue weighted by Gasteiger charge is -2.24. The average molecular weight is 202 g/mol. The van der Waals surface area contributed by atoms with E-state index in [0.29, 0.717) is 12.1 Å². The summed E-state index contributed by atoms with van der Waals surface area (Å²) in [7, 11) is 0. The van der Waals surface area contributed by atoms with Crippen LogP contribution < -0.4 is 5.32 Å². The molecule has 14 heavy (non-hydrogen) atoms. The Balaban J connectivity index is 2.32. The Morgan fingerprint density at radius 1 is 1.50 bits per heavy atom. The topological polar surface area (TPSA) is 15.3 Å². The van der Waals surface area contributed by atoms with Gasteiger partial charge in [-0.15, -0.1) is 0 Å². The summed E-state index contributed by atoms with van der Waals surface area (Å²) in [5.74, 6) is 0. The molecule has 0 aromatic rings. The van der Waals surface area contributed by atoms with Crippen molar-refractivity contribution in [1.29, 1.82) is 0 Å². The molecule has 0 amide bonds. The van der Waals surface area contributed by atoms with E-state index in [0.717, 1.165) is 25.9 Å². The summed E-state index contributed by atoms with van der Waals surface area (Å²) in [6, 6.07) is 1.25. The molecule has 1 rings (SSSR count). The monoisotopic (exact) mass is 202 g/mol. The Bertz CT molecular complexity index is 157. The van der Waals surface area contributed by atoms with Crippen molar-refractivity contribution in [3.63, 3.8) is 0 Å². The molecular formula is C11H23FN2. The van der Waals surface area contributed by atoms with Crippen molar-refractivity contribution < 1.29 is 4.39 Å². The minimum atomic E-state index is -0.203. The van der Waals surface area contributed by atoms with Gasteiger partial charge < -0.3 is 5.32 Å². The smallest absolute Gasteiger partial charge is 0.105 e. The summed E-state index contributed by atoms with van der Waals surface area (Å²) < 4.78 is 12.6. The highest BCUT2D eigenvalue weighted by Crippen LogP contribution is 2.15. The van der Waals surface area contributed by atoms with Gasteiger partial charge in [-0.05, 0) is 12.8 Å². The number of nitrogens with one attached hydrogen (secondary N) is 1. The Labute approximate surface area is 86.9 Å². The van der Waals surface area contributed by atoms with Gasteiger partial charge >= 0.3 is 0 Å². The quantitative estimate of drug-likeness (QED) is 0.731. The molecule has 1 fully saturated rings. The van der Waals surface area contributed by atoms with Gasteiger partial charge in [-0.2, -0.15) is 0 Å². The van der Waals surface area contributed by atoms with Crippen LogP contribution in [0.25, 0.3) is 0 Å². The molecule has 0 bridgehead atoms. The molecule has 3 heteroatoms. The highest BCUT2D eigenvalue weighted by atomic mass is 19.1. The van der Waals surface area contributed by atoms with Gasteiger partial charge in [0.05, 0.1) is 0 Å². The number of alkyl halides is 1. The molecule has 2 nitrogen and oxygen atoms in total. The molecule has 1 saturated heterocycles. The lowest BCUT2D eigenvalue weighted by atomic mass is 10.2. The minimum Gasteiger partial charge on any atom is -0.310 e. The first-order chi connectivity index (χ1) is 6.67. The van der Waals surface area contributed by atoms with Gasteiger partial charge in [0, 0.05) is 31.2 Å². The van der Waals surface area contributed by atoms with Crippen LogP contribution in [-0.2, 0) is 0 Å². The fraction of sp³-hybridized carbons (Fsp3) is 1.00. The second kappa shape index (κ2) is 5.66. The highest BCUT2D eigenvalue weighted by Gasteiger charge is 2.27. The molecular weight excluding hydrogens is 179 g/mol. The summed E-state index contributed by atoms with van der Waals surface area (Å²) in [6.45, 7) is 8.25. The van der Waals surface area contributed by atoms with E-state index in [1.807, 2.05) is 0 Å². The summed E-state index contributed by atoms with van der Waals surface area (Å²) in [5.41, 5.74) is 0. The third-order valence-corrected chi connectivity index (χ3v) is 2.95. The van der Waals surface area contributed by atoms with Crippen molar-refractivity contribution in [3.05, 3.63) is 0 Å². The lowest BCUT2D eigenvalue weighted by Crippen LogP contribution is -2.40. The van der Waals surface area contributed by atoms with Gasteiger partial charge in [-0.1, -0.05) is 20.8 Å². The molecule has 0 saturated carbocycles. The van der Waals surface area contributed by atoms with Gasteiger partial charge in [-0.3, -0.25) is 4.90 Å². The van der Waals surface area contributed by atoms with Crippen LogP contribution >= 0.6 is 0 Å². The Morgan fingerprint density at radius 2 is 2.21 bits per heavy atom. The van der Waals surface area contributed by atoms with E-state index in [1.54, 1.807) is 0 Å². The molecule has 1 unspecified atom stereocenters. The van der Waals surface area contributed by atoms with Crippen LogP contribution in [0.4, 0.5) is 4.39 Å². The normalized spacial score (nSPS) is 25.9. The number of hydrogen-bond donors (Lipinski definition) is 1. The van der Waals surface area contributed by atoms with Crippen molar-refractivity contribution in [2.45, 2.75) is 51.7 Å². The van der Waals surface area contributed by atoms with Gasteiger partial charge in [0.15, 0.2) is 0 Å². The molecule has 84 valence electrons. The number of hydrogen-bond acceptors (Lipinski definition) is 2. The SMILES string of the molecule is CCC(CF)N1CC[C@H](NC(C)C)C1. The Hall–Kier alpha value is -0.150. The molecule has 1 heterocycles. The zero-order chi connectivity index (χ0) is 10.6. The second-order valence-corrected chi connectivity index (χ2v) is 4.52. The van der Waals surface area contributed by atoms with E-state index in [1.165, 1.54) is 0 Å². The molecule has 1 N–H and O–H groups in total. The minimum absolute atomic E-state index is 0.147. The molecule has 1 aliphatic rings. The van der Waals surface area contributed by atoms with Gasteiger partial charge in [0.1, 0.15) is 6.67 Å². The maximum atomic E-state index is 12.6. The Kier molecular flexibility index (Phi) is 4.82. The van der Waals surface area contributed by atoms with Crippen molar-refractivity contribution in [1.82, 2.24) is 10.2 Å². The van der Waals surface area contributed by atoms with E-state index in [4.69, 9.17) is 0 Å². The highest BCUT2D eigenvalue weighted by molar-refractivity contribution is 4.85. The standard InChI is InChI=1S/C11H23FN2/c1-4-11(7-12)14-6-5-10(8-14)13-9(2)3/h9-11,13H,4-8H2,1-3H3/t10-,11?/m0/s1. The molecule has 2 atom stereocenters. The van der Waals surface area contributed by atoms with E-state index < -0.39 is 0 Å². The van der Waals surface area contributed by atoms with Crippen LogP contribution in [0.15, 0.2) is 0 Å². The summed E-state index contributed by atoms with van der Waals surface area (Å²) in [4.78, 5) is 2.28. The summed E-state index contributed by atoms with van der Waals surface area (Å²) in [6.07, 6.45) is 2.08. The van der Waals surface area contributed by atoms with Crippen LogP contribution in [0.3, 0.4) is 0 Å². The van der Waals surface area contributed by atoms with Gasteiger partial charge in [-0.25, -0.2) is 4.39 Å². The van der Waals surface area contributed by atoms with E-state index in [9.17, 15) is 4.39 Å². The summed E-state index contributed by atoms with van der Waals surface area (Å²) >= 11 is 0. The first-order valence-electron chi connectivity index (χ1n) is 5.73. The van der Waals surface area contributed by atoms with E-state index >= 15 is 0 Å². The largest absolute Gasteiger partial charge is 0.310 e. The van der Waals surface area contributed by atoms with E-state index in [2.05, 4.69) is 31.0 Å². The lowest BCUT2D eigenvalue weighted by molar-refractivity contribution is 0.191. The van der Waals surface area contributed by atoms with Gasteiger partial charge in [0.2, 0.25) is 0 Å². The van der Waals surface area contributed by atoms with Crippen molar-refractivity contribution >= 4 is 0 Å². The first kappa shape index (κ1) is 11.9. The predicted octanol–water partition coefficient (Wildman–Crippen LogP) is 1.81. The number of nitrogens with zero attached hydrogens (tertiary/aromatic N) is 1. The maximum Gasteiger partial charge on any atom is 0.105 e. The maximum absolute atomic E-state index is 12.6. The van der Waals surface area contributed by atoms with E-state index in [-0.39, 0.29) is 12.7 Å². The van der Waals surface area contributed by atoms with Crippen LogP contribution in [-0.4, -0.2) is 42.8 Å². The van der Waals surface area contributed by atoms with Crippen molar-refractivity contribution in [2.75, 3.05) is 19.8 Å². The van der Waals surface area contributed by atoms with Crippen molar-refractivity contribution in [3.8, 4) is 0 Å². The van der Waals surface area contributed by atoms with Crippen LogP contribution in [0.5, 0.6) is 0 Å². The van der Waals surface area contributed by atoms with Crippen LogP contribution in [0, 0.1) is 0 Å². The average Bonchev–Trinajstić information content (AvgIpc) is 2.54. The molecule has 1 aliphatic heterocycles. The fourth-order valence-corrected chi connectivity index (χ4v) is 2.19. The van der Waals surface area contributed by atoms with Crippen LogP contribution in [0.1, 0.15) is 33.6 Å². The number of halogens is 1. The number of likely N-dealkylation sites (tertiary alicyclic amines) is 1. The Morgan fingerprint density at radius 3 is 2.71 bits per heavy atom. The van der Waals surface area contributed by atoms with Gasteiger partial charge in [0.25, 0.3) is 0 Å². The molecule has 0 aromatic carbocycles. The van der Waals surface area contributed by atoms with Crippen LogP contribution in [0.2, 0.25) is 0 Å². The zero-order valence-electron chi connectivity index (χ0n) is 9.59. The summed E-state index contributed by atoms with van der Waals surface area (Å²) in [5, 5.41) is 3.51. The first-order valence-corrected chi connectivity index (χ1v) is 5.73. The fourth-order valence-electron chi connectivity index (χ4n) is 2.19. The third-order valence-electron chi connectivity index (χ3n) is 2.95. The molecule has 0 aliphatic carbocycles. The third kappa shape index (κ3) is 3.21. The predicted molar refractivity (Wildman–Crippen MR) is 58.3 cm³/mol. The zero-order valence-corrected chi connectivity index (χ0v) is 9.59. The molecule has 0 aromatic heterocycles. The molecule has 0 radical (unpaired) electrons. The number of rotatable bonds is 5. The second-order valence-electron chi connectivity index (χ2n) is 4.52.